The smallest absolute Gasteiger partial charge is 0.274 e. The van der Waals surface area contributed by atoms with Crippen molar-refractivity contribution in [2.75, 3.05) is 18.0 Å². The third kappa shape index (κ3) is 3.82. The van der Waals surface area contributed by atoms with Gasteiger partial charge < -0.3 is 10.2 Å². The Bertz CT molecular complexity index is 1120. The number of nitrogens with zero attached hydrogens (tertiary/aromatic N) is 3. The first kappa shape index (κ1) is 20.1. The molecule has 2 aromatic carbocycles. The molecular weight excluding hydrogens is 376 g/mol. The predicted octanol–water partition coefficient (Wildman–Crippen LogP) is 3.44. The Morgan fingerprint density at radius 2 is 1.73 bits per heavy atom. The number of benzene rings is 2. The summed E-state index contributed by atoms with van der Waals surface area (Å²) in [5.74, 6) is -0.558. The number of anilines is 1. The summed E-state index contributed by atoms with van der Waals surface area (Å²) >= 11 is 0. The fourth-order valence-electron chi connectivity index (χ4n) is 4.18. The number of nitrogens with one attached hydrogen (secondary N) is 1. The summed E-state index contributed by atoms with van der Waals surface area (Å²) in [6, 6.07) is 15.6. The van der Waals surface area contributed by atoms with Crippen molar-refractivity contribution in [2.45, 2.75) is 45.7 Å². The summed E-state index contributed by atoms with van der Waals surface area (Å²) in [4.78, 5) is 28.0. The lowest BCUT2D eigenvalue weighted by atomic mass is 10.0. The summed E-state index contributed by atoms with van der Waals surface area (Å²) in [5.41, 5.74) is 2.84. The van der Waals surface area contributed by atoms with Gasteiger partial charge in [-0.2, -0.15) is 5.10 Å². The first-order chi connectivity index (χ1) is 14.6. The van der Waals surface area contributed by atoms with Crippen molar-refractivity contribution in [1.29, 1.82) is 0 Å². The molecule has 3 aromatic rings. The zero-order chi connectivity index (χ0) is 21.1. The average Bonchev–Trinajstić information content (AvgIpc) is 3.32. The lowest BCUT2D eigenvalue weighted by Gasteiger charge is -2.22. The number of carbonyl (C=O) groups is 1. The predicted molar refractivity (Wildman–Crippen MR) is 120 cm³/mol. The molecule has 30 heavy (non-hydrogen) atoms. The van der Waals surface area contributed by atoms with Crippen molar-refractivity contribution < 1.29 is 4.79 Å². The van der Waals surface area contributed by atoms with E-state index < -0.39 is 5.92 Å². The number of carbonyl (C=O) groups excluding carboxylic acids is 1. The van der Waals surface area contributed by atoms with E-state index in [0.29, 0.717) is 24.2 Å². The maximum absolute atomic E-state index is 13.0. The van der Waals surface area contributed by atoms with E-state index >= 15 is 0 Å². The molecule has 2 heterocycles. The van der Waals surface area contributed by atoms with E-state index in [4.69, 9.17) is 0 Å². The summed E-state index contributed by atoms with van der Waals surface area (Å²) in [6.07, 6.45) is 2.42. The molecule has 0 spiro atoms. The van der Waals surface area contributed by atoms with Gasteiger partial charge in [0.1, 0.15) is 0 Å². The fraction of sp³-hybridized carbons (Fsp3) is 0.375. The zero-order valence-corrected chi connectivity index (χ0v) is 17.6. The molecule has 6 heteroatoms. The van der Waals surface area contributed by atoms with Crippen LogP contribution in [0.1, 0.15) is 43.9 Å². The Labute approximate surface area is 176 Å². The van der Waals surface area contributed by atoms with E-state index in [1.165, 1.54) is 23.2 Å². The quantitative estimate of drug-likeness (QED) is 0.683. The van der Waals surface area contributed by atoms with Gasteiger partial charge in [-0.1, -0.05) is 36.4 Å². The first-order valence-corrected chi connectivity index (χ1v) is 10.7. The Kier molecular flexibility index (Phi) is 5.84. The lowest BCUT2D eigenvalue weighted by molar-refractivity contribution is -0.122. The van der Waals surface area contributed by atoms with Crippen LogP contribution < -0.4 is 15.8 Å². The van der Waals surface area contributed by atoms with Crippen molar-refractivity contribution in [3.63, 3.8) is 0 Å². The maximum Gasteiger partial charge on any atom is 0.274 e. The van der Waals surface area contributed by atoms with E-state index in [1.807, 2.05) is 44.2 Å². The van der Waals surface area contributed by atoms with Crippen molar-refractivity contribution in [1.82, 2.24) is 15.1 Å². The Hall–Kier alpha value is -3.15. The van der Waals surface area contributed by atoms with Gasteiger partial charge >= 0.3 is 0 Å². The number of hydrogen-bond donors (Lipinski definition) is 1. The van der Waals surface area contributed by atoms with Crippen LogP contribution in [0.25, 0.3) is 10.8 Å². The molecule has 156 valence electrons. The van der Waals surface area contributed by atoms with Crippen molar-refractivity contribution in [2.24, 2.45) is 0 Å². The molecule has 1 aliphatic rings. The molecule has 1 aliphatic heterocycles. The number of amides is 1. The highest BCUT2D eigenvalue weighted by atomic mass is 16.2. The van der Waals surface area contributed by atoms with Crippen LogP contribution >= 0.6 is 0 Å². The van der Waals surface area contributed by atoms with Crippen molar-refractivity contribution in [3.8, 4) is 0 Å². The van der Waals surface area contributed by atoms with Crippen LogP contribution in [0.2, 0.25) is 0 Å². The molecule has 1 N–H and O–H groups in total. The van der Waals surface area contributed by atoms with Crippen LogP contribution in [0, 0.1) is 0 Å². The van der Waals surface area contributed by atoms with Crippen LogP contribution in [0.4, 0.5) is 5.69 Å². The summed E-state index contributed by atoms with van der Waals surface area (Å²) in [7, 11) is 0. The van der Waals surface area contributed by atoms with Gasteiger partial charge in [-0.25, -0.2) is 4.68 Å². The minimum Gasteiger partial charge on any atom is -0.371 e. The number of aromatic nitrogens is 2. The average molecular weight is 405 g/mol. The normalized spacial score (nSPS) is 14.8. The topological polar surface area (TPSA) is 67.2 Å². The Balaban J connectivity index is 1.57. The summed E-state index contributed by atoms with van der Waals surface area (Å²) in [5, 5.41) is 8.94. The number of rotatable bonds is 6. The highest BCUT2D eigenvalue weighted by Gasteiger charge is 2.22. The zero-order valence-electron chi connectivity index (χ0n) is 17.6. The second-order valence-electron chi connectivity index (χ2n) is 7.81. The molecule has 4 rings (SSSR count). The minimum atomic E-state index is -0.466. The maximum atomic E-state index is 13.0. The SMILES string of the molecule is CCn1nc(C(C)C(=O)NCc2ccccc2N2CCCC2)c2ccccc2c1=O. The second kappa shape index (κ2) is 8.69. The van der Waals surface area contributed by atoms with Gasteiger partial charge in [-0.15, -0.1) is 0 Å². The molecule has 0 saturated carbocycles. The number of para-hydroxylation sites is 1. The first-order valence-electron chi connectivity index (χ1n) is 10.7. The molecule has 0 bridgehead atoms. The van der Waals surface area contributed by atoms with E-state index in [2.05, 4.69) is 27.4 Å². The molecule has 1 saturated heterocycles. The lowest BCUT2D eigenvalue weighted by Crippen LogP contribution is -2.31. The van der Waals surface area contributed by atoms with Crippen LogP contribution in [0.5, 0.6) is 0 Å². The molecule has 1 atom stereocenters. The molecule has 0 aliphatic carbocycles. The highest BCUT2D eigenvalue weighted by molar-refractivity contribution is 5.91. The van der Waals surface area contributed by atoms with Gasteiger partial charge in [0, 0.05) is 37.3 Å². The minimum absolute atomic E-state index is 0.0924. The molecule has 6 nitrogen and oxygen atoms in total. The van der Waals surface area contributed by atoms with Gasteiger partial charge in [0.25, 0.3) is 5.56 Å². The summed E-state index contributed by atoms with van der Waals surface area (Å²) in [6.45, 7) is 6.80. The highest BCUT2D eigenvalue weighted by Crippen LogP contribution is 2.25. The van der Waals surface area contributed by atoms with Gasteiger partial charge in [-0.3, -0.25) is 9.59 Å². The number of fused-ring (bicyclic) bond motifs is 1. The standard InChI is InChI=1S/C24H28N4O2/c1-3-28-24(30)20-12-6-5-11-19(20)22(26-28)17(2)23(29)25-16-18-10-4-7-13-21(18)27-14-8-9-15-27/h4-7,10-13,17H,3,8-9,14-16H2,1-2H3,(H,25,29). The van der Waals surface area contributed by atoms with Crippen molar-refractivity contribution >= 4 is 22.4 Å². The van der Waals surface area contributed by atoms with Gasteiger partial charge in [0.15, 0.2) is 0 Å². The van der Waals surface area contributed by atoms with E-state index in [0.717, 1.165) is 24.0 Å². The van der Waals surface area contributed by atoms with Gasteiger partial charge in [0.05, 0.1) is 17.0 Å². The van der Waals surface area contributed by atoms with Crippen LogP contribution in [-0.2, 0) is 17.9 Å². The van der Waals surface area contributed by atoms with E-state index in [1.54, 1.807) is 6.07 Å². The second-order valence-corrected chi connectivity index (χ2v) is 7.81. The number of hydrogen-bond acceptors (Lipinski definition) is 4. The third-order valence-corrected chi connectivity index (χ3v) is 5.89. The number of aryl methyl sites for hydroxylation is 1. The molecule has 0 radical (unpaired) electrons. The molecule has 1 fully saturated rings. The summed E-state index contributed by atoms with van der Waals surface area (Å²) < 4.78 is 1.43. The van der Waals surface area contributed by atoms with E-state index in [9.17, 15) is 9.59 Å². The molecule has 1 unspecified atom stereocenters. The van der Waals surface area contributed by atoms with Crippen LogP contribution in [0.3, 0.4) is 0 Å². The van der Waals surface area contributed by atoms with Crippen LogP contribution in [0.15, 0.2) is 53.3 Å². The van der Waals surface area contributed by atoms with Crippen LogP contribution in [-0.4, -0.2) is 28.8 Å². The van der Waals surface area contributed by atoms with Crippen molar-refractivity contribution in [3.05, 3.63) is 70.1 Å². The monoisotopic (exact) mass is 404 g/mol. The third-order valence-electron chi connectivity index (χ3n) is 5.89. The Morgan fingerprint density at radius 1 is 1.07 bits per heavy atom. The van der Waals surface area contributed by atoms with E-state index in [-0.39, 0.29) is 11.5 Å². The molecular formula is C24H28N4O2. The van der Waals surface area contributed by atoms with Gasteiger partial charge in [-0.05, 0) is 44.4 Å². The Morgan fingerprint density at radius 3 is 2.47 bits per heavy atom. The largest absolute Gasteiger partial charge is 0.371 e. The van der Waals surface area contributed by atoms with Gasteiger partial charge in [0.2, 0.25) is 5.91 Å². The molecule has 1 amide bonds. The molecule has 1 aromatic heterocycles. The fourth-order valence-corrected chi connectivity index (χ4v) is 4.18.